The van der Waals surface area contributed by atoms with Crippen LogP contribution in [0.1, 0.15) is 329 Å². The van der Waals surface area contributed by atoms with Gasteiger partial charge in [0, 0.05) is 19.3 Å². The van der Waals surface area contributed by atoms with Gasteiger partial charge in [-0.15, -0.1) is 0 Å². The molecule has 0 fully saturated rings. The summed E-state index contributed by atoms with van der Waals surface area (Å²) >= 11 is 0. The molecule has 0 aliphatic rings. The van der Waals surface area contributed by atoms with E-state index in [1.165, 1.54) is 218 Å². The summed E-state index contributed by atoms with van der Waals surface area (Å²) in [7, 11) is 0. The maximum absolute atomic E-state index is 12.6. The Morgan fingerprint density at radius 1 is 0.312 bits per heavy atom. The van der Waals surface area contributed by atoms with Crippen molar-refractivity contribution in [3.63, 3.8) is 0 Å². The number of hydrogen-bond acceptors (Lipinski definition) is 6. The number of esters is 3. The molecular formula is C58H112O6. The molecule has 0 amide bonds. The van der Waals surface area contributed by atoms with Crippen LogP contribution >= 0.6 is 0 Å². The summed E-state index contributed by atoms with van der Waals surface area (Å²) in [6.07, 6.45) is 57.1. The molecule has 0 bridgehead atoms. The highest BCUT2D eigenvalue weighted by atomic mass is 16.6. The number of carbonyl (C=O) groups excluding carboxylic acids is 3. The van der Waals surface area contributed by atoms with Gasteiger partial charge in [0.05, 0.1) is 0 Å². The Bertz CT molecular complexity index is 966. The average Bonchev–Trinajstić information content (AvgIpc) is 3.29. The topological polar surface area (TPSA) is 78.9 Å². The first-order chi connectivity index (χ1) is 31.4. The number of rotatable bonds is 53. The first-order valence-corrected chi connectivity index (χ1v) is 28.9. The molecule has 0 rings (SSSR count). The molecule has 0 aliphatic heterocycles. The molecule has 0 N–H and O–H groups in total. The van der Waals surface area contributed by atoms with Crippen LogP contribution in [0.5, 0.6) is 0 Å². The van der Waals surface area contributed by atoms with Crippen molar-refractivity contribution in [1.82, 2.24) is 0 Å². The molecule has 0 saturated carbocycles. The lowest BCUT2D eigenvalue weighted by atomic mass is 9.99. The molecule has 6 nitrogen and oxygen atoms in total. The van der Waals surface area contributed by atoms with Crippen LogP contribution < -0.4 is 0 Å². The zero-order valence-electron chi connectivity index (χ0n) is 43.8. The summed E-state index contributed by atoms with van der Waals surface area (Å²) in [6, 6.07) is 0. The molecule has 0 radical (unpaired) electrons. The highest BCUT2D eigenvalue weighted by Gasteiger charge is 2.19. The molecule has 6 heteroatoms. The summed E-state index contributed by atoms with van der Waals surface area (Å²) < 4.78 is 16.7. The van der Waals surface area contributed by atoms with Gasteiger partial charge in [0.1, 0.15) is 13.2 Å². The summed E-state index contributed by atoms with van der Waals surface area (Å²) in [5, 5.41) is 0. The molecule has 64 heavy (non-hydrogen) atoms. The monoisotopic (exact) mass is 905 g/mol. The van der Waals surface area contributed by atoms with Gasteiger partial charge in [-0.2, -0.15) is 0 Å². The third-order valence-electron chi connectivity index (χ3n) is 13.7. The van der Waals surface area contributed by atoms with Crippen molar-refractivity contribution >= 4 is 17.9 Å². The van der Waals surface area contributed by atoms with E-state index in [9.17, 15) is 14.4 Å². The first kappa shape index (κ1) is 62.4. The van der Waals surface area contributed by atoms with Crippen molar-refractivity contribution in [2.75, 3.05) is 13.2 Å². The molecular weight excluding hydrogens is 793 g/mol. The third-order valence-corrected chi connectivity index (χ3v) is 13.7. The lowest BCUT2D eigenvalue weighted by Gasteiger charge is -2.18. The Morgan fingerprint density at radius 3 is 0.812 bits per heavy atom. The van der Waals surface area contributed by atoms with Crippen molar-refractivity contribution < 1.29 is 28.6 Å². The van der Waals surface area contributed by atoms with Gasteiger partial charge in [0.25, 0.3) is 0 Å². The zero-order chi connectivity index (χ0) is 46.7. The van der Waals surface area contributed by atoms with Gasteiger partial charge in [-0.1, -0.05) is 291 Å². The van der Waals surface area contributed by atoms with E-state index in [1.807, 2.05) is 0 Å². The highest BCUT2D eigenvalue weighted by Crippen LogP contribution is 2.18. The van der Waals surface area contributed by atoms with E-state index >= 15 is 0 Å². The smallest absolute Gasteiger partial charge is 0.306 e. The minimum Gasteiger partial charge on any atom is -0.462 e. The Kier molecular flexibility index (Phi) is 51.1. The molecule has 2 atom stereocenters. The highest BCUT2D eigenvalue weighted by molar-refractivity contribution is 5.71. The minimum absolute atomic E-state index is 0.0638. The van der Waals surface area contributed by atoms with Crippen LogP contribution in [0.25, 0.3) is 0 Å². The van der Waals surface area contributed by atoms with E-state index < -0.39 is 6.10 Å². The predicted molar refractivity (Wildman–Crippen MR) is 275 cm³/mol. The Hall–Kier alpha value is -1.59. The summed E-state index contributed by atoms with van der Waals surface area (Å²) in [5.74, 6) is 0.0564. The van der Waals surface area contributed by atoms with Crippen molar-refractivity contribution in [3.05, 3.63) is 0 Å². The van der Waals surface area contributed by atoms with E-state index in [-0.39, 0.29) is 31.1 Å². The Balaban J connectivity index is 3.98. The van der Waals surface area contributed by atoms with E-state index in [4.69, 9.17) is 14.2 Å². The van der Waals surface area contributed by atoms with Crippen LogP contribution in [0, 0.1) is 5.92 Å². The lowest BCUT2D eigenvalue weighted by Crippen LogP contribution is -2.30. The quantitative estimate of drug-likeness (QED) is 0.0344. The molecule has 0 aromatic heterocycles. The van der Waals surface area contributed by atoms with E-state index in [1.54, 1.807) is 0 Å². The third kappa shape index (κ3) is 49.8. The van der Waals surface area contributed by atoms with Gasteiger partial charge >= 0.3 is 17.9 Å². The molecule has 0 aliphatic carbocycles. The second-order valence-electron chi connectivity index (χ2n) is 20.2. The maximum Gasteiger partial charge on any atom is 0.306 e. The summed E-state index contributed by atoms with van der Waals surface area (Å²) in [5.41, 5.74) is 0. The van der Waals surface area contributed by atoms with Crippen molar-refractivity contribution in [3.8, 4) is 0 Å². The van der Waals surface area contributed by atoms with Crippen LogP contribution in [0.15, 0.2) is 0 Å². The van der Waals surface area contributed by atoms with Gasteiger partial charge in [-0.3, -0.25) is 14.4 Å². The lowest BCUT2D eigenvalue weighted by molar-refractivity contribution is -0.167. The SMILES string of the molecule is CCCCCCCCCCCCCCCCCCCCCC(=O)OC[C@H](COC(=O)CCCCCCCCCCCCCCCCCCCCC(C)CC)OC(=O)CCCCCCC. The number of unbranched alkanes of at least 4 members (excludes halogenated alkanes) is 39. The fraction of sp³-hybridized carbons (Fsp3) is 0.948. The zero-order valence-corrected chi connectivity index (χ0v) is 43.8. The largest absolute Gasteiger partial charge is 0.462 e. The van der Waals surface area contributed by atoms with Crippen LogP contribution in [-0.2, 0) is 28.6 Å². The normalized spacial score (nSPS) is 12.4. The van der Waals surface area contributed by atoms with Gasteiger partial charge in [-0.25, -0.2) is 0 Å². The van der Waals surface area contributed by atoms with Crippen LogP contribution in [0.4, 0.5) is 0 Å². The molecule has 0 aromatic carbocycles. The second kappa shape index (κ2) is 52.4. The molecule has 1 unspecified atom stereocenters. The van der Waals surface area contributed by atoms with Gasteiger partial charge in [0.2, 0.25) is 0 Å². The maximum atomic E-state index is 12.6. The average molecular weight is 906 g/mol. The molecule has 0 heterocycles. The Morgan fingerprint density at radius 2 is 0.547 bits per heavy atom. The minimum atomic E-state index is -0.759. The molecule has 0 spiro atoms. The van der Waals surface area contributed by atoms with E-state index in [0.29, 0.717) is 19.3 Å². The van der Waals surface area contributed by atoms with Gasteiger partial charge < -0.3 is 14.2 Å². The van der Waals surface area contributed by atoms with Crippen molar-refractivity contribution in [1.29, 1.82) is 0 Å². The van der Waals surface area contributed by atoms with Crippen molar-refractivity contribution in [2.45, 2.75) is 336 Å². The van der Waals surface area contributed by atoms with Gasteiger partial charge in [0.15, 0.2) is 6.10 Å². The van der Waals surface area contributed by atoms with E-state index in [0.717, 1.165) is 70.1 Å². The van der Waals surface area contributed by atoms with Gasteiger partial charge in [-0.05, 0) is 25.2 Å². The molecule has 380 valence electrons. The Labute approximate surface area is 399 Å². The number of carbonyl (C=O) groups is 3. The molecule has 0 aromatic rings. The molecule has 0 saturated heterocycles. The van der Waals surface area contributed by atoms with Crippen LogP contribution in [0.3, 0.4) is 0 Å². The summed E-state index contributed by atoms with van der Waals surface area (Å²) in [6.45, 7) is 9.02. The predicted octanol–water partition coefficient (Wildman–Crippen LogP) is 19.0. The number of ether oxygens (including phenoxy) is 3. The second-order valence-corrected chi connectivity index (χ2v) is 20.2. The number of hydrogen-bond donors (Lipinski definition) is 0. The standard InChI is InChI=1S/C58H112O6/c1-5-8-10-12-13-14-15-16-17-18-19-23-26-29-32-35-38-42-45-49-56(59)62-52-55(64-58(61)51-47-40-11-9-6-2)53-63-57(60)50-46-43-39-36-33-30-27-24-21-20-22-25-28-31-34-37-41-44-48-54(4)7-3/h54-55H,5-53H2,1-4H3/t54?,55-/m1/s1. The van der Waals surface area contributed by atoms with Crippen LogP contribution in [0.2, 0.25) is 0 Å². The fourth-order valence-electron chi connectivity index (χ4n) is 8.89. The summed E-state index contributed by atoms with van der Waals surface area (Å²) in [4.78, 5) is 37.8. The first-order valence-electron chi connectivity index (χ1n) is 28.9. The van der Waals surface area contributed by atoms with Crippen LogP contribution in [-0.4, -0.2) is 37.2 Å². The fourth-order valence-corrected chi connectivity index (χ4v) is 8.89. The van der Waals surface area contributed by atoms with Crippen molar-refractivity contribution in [2.24, 2.45) is 5.92 Å². The van der Waals surface area contributed by atoms with E-state index in [2.05, 4.69) is 27.7 Å².